The molecule has 1 atom stereocenters. The van der Waals surface area contributed by atoms with Crippen LogP contribution >= 0.6 is 34.8 Å². The molecule has 0 saturated carbocycles. The second-order valence-corrected chi connectivity index (χ2v) is 8.43. The molecule has 1 aromatic carbocycles. The summed E-state index contributed by atoms with van der Waals surface area (Å²) >= 11 is 17.9. The molecule has 9 heteroatoms. The maximum atomic E-state index is 12.8. The normalized spacial score (nSPS) is 18.7. The van der Waals surface area contributed by atoms with E-state index in [1.54, 1.807) is 18.3 Å². The lowest BCUT2D eigenvalue weighted by atomic mass is 10.3. The Balaban J connectivity index is 1.77. The Morgan fingerprint density at radius 2 is 1.96 bits per heavy atom. The minimum Gasteiger partial charge on any atom is -0.487 e. The summed E-state index contributed by atoms with van der Waals surface area (Å²) in [6.07, 6.45) is 3.30. The summed E-state index contributed by atoms with van der Waals surface area (Å²) in [6.45, 7) is 0.544. The van der Waals surface area contributed by atoms with Crippen LogP contribution in [0, 0.1) is 0 Å². The highest BCUT2D eigenvalue weighted by Crippen LogP contribution is 2.31. The Kier molecular flexibility index (Phi) is 5.22. The minimum absolute atomic E-state index is 0.000685. The first-order valence-electron chi connectivity index (χ1n) is 7.09. The average molecular weight is 408 g/mol. The van der Waals surface area contributed by atoms with E-state index >= 15 is 0 Å². The smallest absolute Gasteiger partial charge is 0.244 e. The van der Waals surface area contributed by atoms with Crippen LogP contribution in [0.4, 0.5) is 0 Å². The second kappa shape index (κ2) is 7.06. The lowest BCUT2D eigenvalue weighted by Crippen LogP contribution is -2.31. The predicted octanol–water partition coefficient (Wildman–Crippen LogP) is 3.88. The van der Waals surface area contributed by atoms with Gasteiger partial charge in [0.2, 0.25) is 10.0 Å². The van der Waals surface area contributed by atoms with Crippen molar-refractivity contribution in [3.8, 4) is 5.75 Å². The molecule has 0 spiro atoms. The van der Waals surface area contributed by atoms with Gasteiger partial charge >= 0.3 is 0 Å². The van der Waals surface area contributed by atoms with E-state index in [-0.39, 0.29) is 22.6 Å². The topological polar surface area (TPSA) is 59.5 Å². The van der Waals surface area contributed by atoms with Crippen LogP contribution in [0.3, 0.4) is 0 Å². The number of hydrogen-bond acceptors (Lipinski definition) is 4. The van der Waals surface area contributed by atoms with Gasteiger partial charge in [0.15, 0.2) is 0 Å². The zero-order chi connectivity index (χ0) is 17.3. The highest BCUT2D eigenvalue weighted by Gasteiger charge is 2.35. The third kappa shape index (κ3) is 3.63. The molecular weight excluding hydrogens is 395 g/mol. The maximum Gasteiger partial charge on any atom is 0.244 e. The van der Waals surface area contributed by atoms with Gasteiger partial charge in [-0.1, -0.05) is 34.8 Å². The fraction of sp³-hybridized carbons (Fsp3) is 0.267. The van der Waals surface area contributed by atoms with Crippen molar-refractivity contribution in [3.63, 3.8) is 0 Å². The largest absolute Gasteiger partial charge is 0.487 e. The number of ether oxygens (including phenoxy) is 1. The van der Waals surface area contributed by atoms with Gasteiger partial charge in [-0.25, -0.2) is 8.42 Å². The summed E-state index contributed by atoms with van der Waals surface area (Å²) < 4.78 is 32.6. The van der Waals surface area contributed by atoms with Crippen molar-refractivity contribution in [2.24, 2.45) is 0 Å². The number of rotatable bonds is 4. The van der Waals surface area contributed by atoms with Crippen molar-refractivity contribution in [3.05, 3.63) is 51.7 Å². The molecule has 5 nitrogen and oxygen atoms in total. The first-order valence-corrected chi connectivity index (χ1v) is 9.66. The summed E-state index contributed by atoms with van der Waals surface area (Å²) in [6, 6.07) is 6.02. The van der Waals surface area contributed by atoms with E-state index in [9.17, 15) is 8.42 Å². The van der Waals surface area contributed by atoms with Crippen LogP contribution < -0.4 is 4.74 Å². The molecule has 1 aliphatic rings. The Morgan fingerprint density at radius 1 is 1.17 bits per heavy atom. The van der Waals surface area contributed by atoms with Gasteiger partial charge in [-0.05, 0) is 24.6 Å². The molecular formula is C15H13Cl3N2O3S. The molecule has 1 fully saturated rings. The Morgan fingerprint density at radius 3 is 2.71 bits per heavy atom. The third-order valence-corrected chi connectivity index (χ3v) is 6.51. The van der Waals surface area contributed by atoms with E-state index < -0.39 is 10.0 Å². The SMILES string of the molecule is O=S(=O)(c1cc(Cl)ccc1Cl)N1CCC(Oc2ccncc2Cl)C1. The van der Waals surface area contributed by atoms with Crippen LogP contribution in [-0.2, 0) is 10.0 Å². The molecule has 2 heterocycles. The third-order valence-electron chi connectivity index (χ3n) is 3.65. The number of nitrogens with zero attached hydrogens (tertiary/aromatic N) is 2. The molecule has 1 unspecified atom stereocenters. The van der Waals surface area contributed by atoms with Crippen molar-refractivity contribution in [2.45, 2.75) is 17.4 Å². The van der Waals surface area contributed by atoms with Crippen molar-refractivity contribution >= 4 is 44.8 Å². The highest BCUT2D eigenvalue weighted by atomic mass is 35.5. The van der Waals surface area contributed by atoms with E-state index in [2.05, 4.69) is 4.98 Å². The van der Waals surface area contributed by atoms with Gasteiger partial charge in [0, 0.05) is 30.0 Å². The maximum absolute atomic E-state index is 12.8. The molecule has 0 radical (unpaired) electrons. The first-order chi connectivity index (χ1) is 11.4. The van der Waals surface area contributed by atoms with Gasteiger partial charge in [0.25, 0.3) is 0 Å². The number of aromatic nitrogens is 1. The number of hydrogen-bond donors (Lipinski definition) is 0. The van der Waals surface area contributed by atoms with Crippen molar-refractivity contribution < 1.29 is 13.2 Å². The van der Waals surface area contributed by atoms with Gasteiger partial charge < -0.3 is 4.74 Å². The lowest BCUT2D eigenvalue weighted by molar-refractivity contribution is 0.215. The van der Waals surface area contributed by atoms with Crippen molar-refractivity contribution in [1.82, 2.24) is 9.29 Å². The summed E-state index contributed by atoms with van der Waals surface area (Å²) in [5.41, 5.74) is 0. The molecule has 0 N–H and O–H groups in total. The van der Waals surface area contributed by atoms with Crippen molar-refractivity contribution in [1.29, 1.82) is 0 Å². The summed E-state index contributed by atoms with van der Waals surface area (Å²) in [7, 11) is -3.74. The molecule has 1 saturated heterocycles. The van der Waals surface area contributed by atoms with E-state index in [4.69, 9.17) is 39.5 Å². The quantitative estimate of drug-likeness (QED) is 0.771. The Labute approximate surface area is 155 Å². The standard InChI is InChI=1S/C15H13Cl3N2O3S/c16-10-1-2-12(17)15(7-10)24(21,22)20-6-4-11(9-20)23-14-3-5-19-8-13(14)18/h1-3,5,7-8,11H,4,6,9H2. The Bertz CT molecular complexity index is 861. The van der Waals surface area contributed by atoms with E-state index in [0.717, 1.165) is 0 Å². The van der Waals surface area contributed by atoms with Crippen molar-refractivity contribution in [2.75, 3.05) is 13.1 Å². The van der Waals surface area contributed by atoms with Gasteiger partial charge in [-0.3, -0.25) is 4.98 Å². The van der Waals surface area contributed by atoms with E-state index in [1.807, 2.05) is 0 Å². The van der Waals surface area contributed by atoms with Crippen LogP contribution in [-0.4, -0.2) is 36.9 Å². The highest BCUT2D eigenvalue weighted by molar-refractivity contribution is 7.89. The van der Waals surface area contributed by atoms with Crippen LogP contribution in [0.25, 0.3) is 0 Å². The summed E-state index contributed by atoms with van der Waals surface area (Å²) in [4.78, 5) is 3.89. The van der Waals surface area contributed by atoms with Gasteiger partial charge in [-0.2, -0.15) is 4.31 Å². The lowest BCUT2D eigenvalue weighted by Gasteiger charge is -2.18. The number of sulfonamides is 1. The van der Waals surface area contributed by atoms with E-state index in [1.165, 1.54) is 22.6 Å². The van der Waals surface area contributed by atoms with E-state index in [0.29, 0.717) is 28.8 Å². The molecule has 0 bridgehead atoms. The van der Waals surface area contributed by atoms with Crippen LogP contribution in [0.2, 0.25) is 15.1 Å². The monoisotopic (exact) mass is 406 g/mol. The summed E-state index contributed by atoms with van der Waals surface area (Å²) in [5, 5.41) is 0.839. The second-order valence-electron chi connectivity index (χ2n) is 5.27. The predicted molar refractivity (Wildman–Crippen MR) is 93.5 cm³/mol. The molecule has 2 aromatic rings. The molecule has 1 aromatic heterocycles. The van der Waals surface area contributed by atoms with Gasteiger partial charge in [0.05, 0.1) is 11.6 Å². The fourth-order valence-electron chi connectivity index (χ4n) is 2.46. The van der Waals surface area contributed by atoms with Gasteiger partial charge in [0.1, 0.15) is 21.8 Å². The first kappa shape index (κ1) is 17.8. The average Bonchev–Trinajstić information content (AvgIpc) is 3.01. The molecule has 3 rings (SSSR count). The number of pyridine rings is 1. The zero-order valence-corrected chi connectivity index (χ0v) is 15.4. The van der Waals surface area contributed by atoms with Crippen LogP contribution in [0.1, 0.15) is 6.42 Å². The molecule has 24 heavy (non-hydrogen) atoms. The Hall–Kier alpha value is -1.05. The van der Waals surface area contributed by atoms with Crippen LogP contribution in [0.5, 0.6) is 5.75 Å². The fourth-order valence-corrected chi connectivity index (χ4v) is 4.85. The summed E-state index contributed by atoms with van der Waals surface area (Å²) in [5.74, 6) is 0.483. The molecule has 0 amide bonds. The van der Waals surface area contributed by atoms with Crippen LogP contribution in [0.15, 0.2) is 41.6 Å². The number of halogens is 3. The number of benzene rings is 1. The molecule has 128 valence electrons. The zero-order valence-electron chi connectivity index (χ0n) is 12.3. The minimum atomic E-state index is -3.74. The molecule has 1 aliphatic heterocycles. The molecule has 0 aliphatic carbocycles. The van der Waals surface area contributed by atoms with Gasteiger partial charge in [-0.15, -0.1) is 0 Å².